The van der Waals surface area contributed by atoms with Gasteiger partial charge in [-0.3, -0.25) is 14.5 Å². The van der Waals surface area contributed by atoms with E-state index in [1.807, 2.05) is 33.9 Å². The molecule has 0 radical (unpaired) electrons. The van der Waals surface area contributed by atoms with E-state index in [-0.39, 0.29) is 5.91 Å². The highest BCUT2D eigenvalue weighted by atomic mass is 16.1. The van der Waals surface area contributed by atoms with Gasteiger partial charge in [-0.15, -0.1) is 0 Å². The van der Waals surface area contributed by atoms with Gasteiger partial charge in [0.05, 0.1) is 22.6 Å². The Morgan fingerprint density at radius 2 is 2.00 bits per heavy atom. The SMILES string of the molecule is Cc1ccc(C(=O)Nc2c(C)nn(C)c2C)cn1. The Labute approximate surface area is 106 Å². The molecule has 0 unspecified atom stereocenters. The van der Waals surface area contributed by atoms with Crippen molar-refractivity contribution in [2.24, 2.45) is 7.05 Å². The zero-order valence-corrected chi connectivity index (χ0v) is 11.0. The minimum Gasteiger partial charge on any atom is -0.319 e. The second-order valence-corrected chi connectivity index (χ2v) is 4.31. The first kappa shape index (κ1) is 12.3. The van der Waals surface area contributed by atoms with Crippen molar-refractivity contribution in [2.75, 3.05) is 5.32 Å². The van der Waals surface area contributed by atoms with Crippen LogP contribution in [0.2, 0.25) is 0 Å². The number of aromatic nitrogens is 3. The number of pyridine rings is 1. The Kier molecular flexibility index (Phi) is 3.14. The first-order valence-electron chi connectivity index (χ1n) is 5.73. The number of carbonyl (C=O) groups is 1. The highest BCUT2D eigenvalue weighted by Gasteiger charge is 2.13. The number of amides is 1. The third-order valence-electron chi connectivity index (χ3n) is 2.92. The maximum Gasteiger partial charge on any atom is 0.257 e. The lowest BCUT2D eigenvalue weighted by Gasteiger charge is -2.05. The van der Waals surface area contributed by atoms with E-state index >= 15 is 0 Å². The lowest BCUT2D eigenvalue weighted by molar-refractivity contribution is 0.102. The van der Waals surface area contributed by atoms with Gasteiger partial charge in [0.2, 0.25) is 0 Å². The van der Waals surface area contributed by atoms with E-state index in [1.165, 1.54) is 0 Å². The monoisotopic (exact) mass is 244 g/mol. The van der Waals surface area contributed by atoms with Gasteiger partial charge in [-0.05, 0) is 32.9 Å². The Hall–Kier alpha value is -2.17. The van der Waals surface area contributed by atoms with E-state index in [2.05, 4.69) is 15.4 Å². The third-order valence-corrected chi connectivity index (χ3v) is 2.92. The van der Waals surface area contributed by atoms with E-state index in [1.54, 1.807) is 16.9 Å². The molecule has 18 heavy (non-hydrogen) atoms. The maximum atomic E-state index is 12.1. The van der Waals surface area contributed by atoms with Crippen LogP contribution >= 0.6 is 0 Å². The second-order valence-electron chi connectivity index (χ2n) is 4.31. The zero-order valence-electron chi connectivity index (χ0n) is 11.0. The molecule has 94 valence electrons. The Balaban J connectivity index is 2.24. The summed E-state index contributed by atoms with van der Waals surface area (Å²) >= 11 is 0. The molecular formula is C13H16N4O. The molecule has 5 nitrogen and oxygen atoms in total. The summed E-state index contributed by atoms with van der Waals surface area (Å²) in [6, 6.07) is 3.58. The average molecular weight is 244 g/mol. The smallest absolute Gasteiger partial charge is 0.257 e. The molecule has 2 heterocycles. The fourth-order valence-corrected chi connectivity index (χ4v) is 1.74. The number of hydrogen-bond donors (Lipinski definition) is 1. The third kappa shape index (κ3) is 2.25. The van der Waals surface area contributed by atoms with Crippen molar-refractivity contribution in [2.45, 2.75) is 20.8 Å². The standard InChI is InChI=1S/C13H16N4O/c1-8-5-6-11(7-14-8)13(18)15-12-9(2)16-17(4)10(12)3/h5-7H,1-4H3,(H,15,18). The number of anilines is 1. The molecule has 0 aromatic carbocycles. The van der Waals surface area contributed by atoms with Gasteiger partial charge in [0.1, 0.15) is 0 Å². The van der Waals surface area contributed by atoms with Crippen LogP contribution in [0.5, 0.6) is 0 Å². The molecule has 0 aliphatic rings. The quantitative estimate of drug-likeness (QED) is 0.878. The first-order valence-corrected chi connectivity index (χ1v) is 5.73. The van der Waals surface area contributed by atoms with E-state index in [9.17, 15) is 4.79 Å². The van der Waals surface area contributed by atoms with Gasteiger partial charge in [0.25, 0.3) is 5.91 Å². The number of hydrogen-bond acceptors (Lipinski definition) is 3. The van der Waals surface area contributed by atoms with Crippen LogP contribution < -0.4 is 5.32 Å². The molecule has 5 heteroatoms. The van der Waals surface area contributed by atoms with Gasteiger partial charge < -0.3 is 5.32 Å². The molecule has 0 bridgehead atoms. The molecule has 0 saturated carbocycles. The summed E-state index contributed by atoms with van der Waals surface area (Å²) in [6.45, 7) is 5.68. The minimum atomic E-state index is -0.165. The predicted octanol–water partition coefficient (Wildman–Crippen LogP) is 1.99. The zero-order chi connectivity index (χ0) is 13.3. The van der Waals surface area contributed by atoms with Crippen LogP contribution in [0.1, 0.15) is 27.4 Å². The first-order chi connectivity index (χ1) is 8.49. The largest absolute Gasteiger partial charge is 0.319 e. The molecule has 2 rings (SSSR count). The van der Waals surface area contributed by atoms with Crippen LogP contribution in [0.3, 0.4) is 0 Å². The van der Waals surface area contributed by atoms with E-state index in [0.29, 0.717) is 5.56 Å². The van der Waals surface area contributed by atoms with Crippen LogP contribution in [0.4, 0.5) is 5.69 Å². The predicted molar refractivity (Wildman–Crippen MR) is 69.6 cm³/mol. The topological polar surface area (TPSA) is 59.8 Å². The molecule has 0 aliphatic heterocycles. The van der Waals surface area contributed by atoms with E-state index in [0.717, 1.165) is 22.8 Å². The molecule has 1 amide bonds. The summed E-state index contributed by atoms with van der Waals surface area (Å²) < 4.78 is 1.75. The van der Waals surface area contributed by atoms with Crippen LogP contribution in [0.15, 0.2) is 18.3 Å². The van der Waals surface area contributed by atoms with Crippen molar-refractivity contribution < 1.29 is 4.79 Å². The van der Waals surface area contributed by atoms with E-state index in [4.69, 9.17) is 0 Å². The van der Waals surface area contributed by atoms with Crippen LogP contribution in [0.25, 0.3) is 0 Å². The second kappa shape index (κ2) is 4.60. The summed E-state index contributed by atoms with van der Waals surface area (Å²) in [7, 11) is 1.85. The molecule has 0 spiro atoms. The molecule has 0 saturated heterocycles. The fourth-order valence-electron chi connectivity index (χ4n) is 1.74. The molecule has 0 fully saturated rings. The number of nitrogens with zero attached hydrogens (tertiary/aromatic N) is 3. The lowest BCUT2D eigenvalue weighted by atomic mass is 10.2. The molecule has 2 aromatic heterocycles. The Morgan fingerprint density at radius 3 is 2.50 bits per heavy atom. The number of carbonyl (C=O) groups excluding carboxylic acids is 1. The van der Waals surface area contributed by atoms with Crippen molar-refractivity contribution in [1.29, 1.82) is 0 Å². The van der Waals surface area contributed by atoms with Crippen LogP contribution in [-0.2, 0) is 7.05 Å². The van der Waals surface area contributed by atoms with Crippen molar-refractivity contribution in [3.05, 3.63) is 41.0 Å². The molecule has 0 atom stereocenters. The molecule has 1 N–H and O–H groups in total. The molecule has 0 aliphatic carbocycles. The molecule has 2 aromatic rings. The number of nitrogens with one attached hydrogen (secondary N) is 1. The maximum absolute atomic E-state index is 12.1. The summed E-state index contributed by atoms with van der Waals surface area (Å²) in [6.07, 6.45) is 1.58. The lowest BCUT2D eigenvalue weighted by Crippen LogP contribution is -2.13. The Morgan fingerprint density at radius 1 is 1.28 bits per heavy atom. The Bertz CT molecular complexity index is 584. The van der Waals surface area contributed by atoms with Crippen LogP contribution in [-0.4, -0.2) is 20.7 Å². The van der Waals surface area contributed by atoms with Crippen molar-refractivity contribution in [1.82, 2.24) is 14.8 Å². The van der Waals surface area contributed by atoms with Gasteiger partial charge in [-0.1, -0.05) is 0 Å². The number of aryl methyl sites for hydroxylation is 3. The summed E-state index contributed by atoms with van der Waals surface area (Å²) in [4.78, 5) is 16.2. The van der Waals surface area contributed by atoms with Crippen LogP contribution in [0, 0.1) is 20.8 Å². The van der Waals surface area contributed by atoms with Gasteiger partial charge in [0, 0.05) is 18.9 Å². The van der Waals surface area contributed by atoms with Gasteiger partial charge in [-0.2, -0.15) is 5.10 Å². The average Bonchev–Trinajstić information content (AvgIpc) is 2.57. The van der Waals surface area contributed by atoms with Crippen molar-refractivity contribution >= 4 is 11.6 Å². The van der Waals surface area contributed by atoms with Crippen molar-refractivity contribution in [3.63, 3.8) is 0 Å². The number of rotatable bonds is 2. The van der Waals surface area contributed by atoms with Gasteiger partial charge >= 0.3 is 0 Å². The summed E-state index contributed by atoms with van der Waals surface area (Å²) in [5.41, 5.74) is 3.94. The minimum absolute atomic E-state index is 0.165. The highest BCUT2D eigenvalue weighted by Crippen LogP contribution is 2.19. The van der Waals surface area contributed by atoms with Crippen molar-refractivity contribution in [3.8, 4) is 0 Å². The fraction of sp³-hybridized carbons (Fsp3) is 0.308. The molecular weight excluding hydrogens is 228 g/mol. The normalized spacial score (nSPS) is 10.4. The van der Waals surface area contributed by atoms with Gasteiger partial charge in [-0.25, -0.2) is 0 Å². The summed E-state index contributed by atoms with van der Waals surface area (Å²) in [5.74, 6) is -0.165. The van der Waals surface area contributed by atoms with E-state index < -0.39 is 0 Å². The highest BCUT2D eigenvalue weighted by molar-refractivity contribution is 6.04. The summed E-state index contributed by atoms with van der Waals surface area (Å²) in [5, 5.41) is 7.13. The van der Waals surface area contributed by atoms with Gasteiger partial charge in [0.15, 0.2) is 0 Å².